The fourth-order valence-corrected chi connectivity index (χ4v) is 4.63. The van der Waals surface area contributed by atoms with Gasteiger partial charge in [0.25, 0.3) is 0 Å². The predicted molar refractivity (Wildman–Crippen MR) is 172 cm³/mol. The molecule has 0 aliphatic heterocycles. The highest BCUT2D eigenvalue weighted by molar-refractivity contribution is 6.34. The maximum atomic E-state index is 11.4. The van der Waals surface area contributed by atoms with Crippen LogP contribution >= 0.6 is 35.6 Å². The number of aromatic carboxylic acids is 2. The van der Waals surface area contributed by atoms with Crippen molar-refractivity contribution in [1.82, 2.24) is 0 Å². The van der Waals surface area contributed by atoms with Gasteiger partial charge in [0.15, 0.2) is 0 Å². The van der Waals surface area contributed by atoms with Crippen LogP contribution in [-0.4, -0.2) is 27.9 Å². The summed E-state index contributed by atoms with van der Waals surface area (Å²) in [6.07, 6.45) is 7.63. The van der Waals surface area contributed by atoms with E-state index in [0.29, 0.717) is 27.1 Å². The Morgan fingerprint density at radius 3 is 1.81 bits per heavy atom. The number of nitrogens with zero attached hydrogens (tertiary/aromatic N) is 1. The molecule has 4 aromatic carbocycles. The standard InChI is InChI=1S/C33H22Cl2N2O4.ClH/c34-27-16-10-23(32(38)39)18-29(27)36-25-12-6-21(7-13-25)31(20-4-2-1-3-5-20)22-8-14-26(15-9-22)37-30-19-24(33(40)41)11-17-28(30)35;/h1-19,36H,(H,38,39)(H,40,41);1H. The molecule has 3 N–H and O–H groups in total. The number of anilines is 2. The number of carboxylic acid groups (broad SMARTS) is 2. The first kappa shape index (κ1) is 30.3. The number of benzene rings is 4. The molecule has 0 unspecified atom stereocenters. The Balaban J connectivity index is 0.00000405. The zero-order valence-corrected chi connectivity index (χ0v) is 24.1. The van der Waals surface area contributed by atoms with Crippen molar-refractivity contribution < 1.29 is 19.8 Å². The third-order valence-electron chi connectivity index (χ3n) is 6.33. The number of hydrogen-bond acceptors (Lipinski definition) is 4. The number of hydrogen-bond donors (Lipinski definition) is 3. The maximum Gasteiger partial charge on any atom is 0.335 e. The van der Waals surface area contributed by atoms with E-state index in [4.69, 9.17) is 23.2 Å². The highest BCUT2D eigenvalue weighted by Gasteiger charge is 2.13. The van der Waals surface area contributed by atoms with Gasteiger partial charge in [-0.3, -0.25) is 0 Å². The third kappa shape index (κ3) is 6.98. The summed E-state index contributed by atoms with van der Waals surface area (Å²) < 4.78 is 0. The van der Waals surface area contributed by atoms with Gasteiger partial charge < -0.3 is 15.5 Å². The lowest BCUT2D eigenvalue weighted by molar-refractivity contribution is 0.0686. The molecule has 1 aliphatic rings. The van der Waals surface area contributed by atoms with Gasteiger partial charge in [0, 0.05) is 5.69 Å². The first-order valence-electron chi connectivity index (χ1n) is 12.5. The van der Waals surface area contributed by atoms with Crippen molar-refractivity contribution in [3.8, 4) is 0 Å². The van der Waals surface area contributed by atoms with E-state index < -0.39 is 11.9 Å². The Morgan fingerprint density at radius 1 is 0.643 bits per heavy atom. The van der Waals surface area contributed by atoms with Crippen LogP contribution in [0, 0.1) is 0 Å². The predicted octanol–water partition coefficient (Wildman–Crippen LogP) is 9.26. The van der Waals surface area contributed by atoms with Crippen LogP contribution in [0.15, 0.2) is 126 Å². The molecule has 0 radical (unpaired) electrons. The Hall–Kier alpha value is -4.62. The lowest BCUT2D eigenvalue weighted by Gasteiger charge is -2.15. The van der Waals surface area contributed by atoms with E-state index >= 15 is 0 Å². The van der Waals surface area contributed by atoms with Gasteiger partial charge in [-0.05, 0) is 83.0 Å². The Bertz CT molecular complexity index is 1760. The molecular weight excluding hydrogens is 595 g/mol. The van der Waals surface area contributed by atoms with Crippen molar-refractivity contribution in [2.24, 2.45) is 4.99 Å². The van der Waals surface area contributed by atoms with Crippen LogP contribution in [-0.2, 0) is 0 Å². The van der Waals surface area contributed by atoms with Gasteiger partial charge in [-0.2, -0.15) is 0 Å². The third-order valence-corrected chi connectivity index (χ3v) is 6.98. The largest absolute Gasteiger partial charge is 0.478 e. The molecule has 210 valence electrons. The van der Waals surface area contributed by atoms with Gasteiger partial charge in [-0.15, -0.1) is 12.4 Å². The number of rotatable bonds is 7. The number of halogens is 3. The summed E-state index contributed by atoms with van der Waals surface area (Å²) in [5, 5.41) is 22.6. The quantitative estimate of drug-likeness (QED) is 0.192. The average molecular weight is 618 g/mol. The van der Waals surface area contributed by atoms with Crippen molar-refractivity contribution in [2.75, 3.05) is 5.32 Å². The van der Waals surface area contributed by atoms with Gasteiger partial charge in [0.2, 0.25) is 0 Å². The number of aliphatic imine (C=N–C) groups is 1. The second kappa shape index (κ2) is 13.4. The van der Waals surface area contributed by atoms with Crippen LogP contribution in [0.3, 0.4) is 0 Å². The van der Waals surface area contributed by atoms with Gasteiger partial charge in [-0.1, -0.05) is 77.8 Å². The SMILES string of the molecule is Cl.O=C(O)c1ccc(Cl)c(N=C2C=CC(=C(c3ccccc3)c3ccc(Nc4cc(C(=O)O)ccc4Cl)cc3)C=C2)c1. The minimum absolute atomic E-state index is 0. The molecule has 5 rings (SSSR count). The van der Waals surface area contributed by atoms with Gasteiger partial charge in [0.05, 0.1) is 38.3 Å². The number of carboxylic acids is 2. The Kier molecular flexibility index (Phi) is 9.65. The van der Waals surface area contributed by atoms with Gasteiger partial charge in [-0.25, -0.2) is 14.6 Å². The van der Waals surface area contributed by atoms with E-state index in [9.17, 15) is 19.8 Å². The van der Waals surface area contributed by atoms with E-state index in [1.165, 1.54) is 30.3 Å². The molecule has 0 saturated heterocycles. The van der Waals surface area contributed by atoms with Gasteiger partial charge >= 0.3 is 11.9 Å². The van der Waals surface area contributed by atoms with Crippen molar-refractivity contribution in [2.45, 2.75) is 0 Å². The number of allylic oxidation sites excluding steroid dienone is 5. The molecule has 1 aliphatic carbocycles. The molecule has 0 aromatic heterocycles. The molecule has 0 spiro atoms. The van der Waals surface area contributed by atoms with Crippen LogP contribution < -0.4 is 5.32 Å². The molecule has 6 nitrogen and oxygen atoms in total. The van der Waals surface area contributed by atoms with E-state index in [-0.39, 0.29) is 23.5 Å². The Labute approximate surface area is 258 Å². The average Bonchev–Trinajstić information content (AvgIpc) is 2.97. The zero-order valence-electron chi connectivity index (χ0n) is 21.8. The summed E-state index contributed by atoms with van der Waals surface area (Å²) in [6.45, 7) is 0. The van der Waals surface area contributed by atoms with Crippen LogP contribution in [0.1, 0.15) is 31.8 Å². The van der Waals surface area contributed by atoms with Crippen LogP contribution in [0.4, 0.5) is 17.1 Å². The van der Waals surface area contributed by atoms with E-state index in [1.807, 2.05) is 78.9 Å². The zero-order chi connectivity index (χ0) is 28.9. The smallest absolute Gasteiger partial charge is 0.335 e. The molecular formula is C33H23Cl3N2O4. The lowest BCUT2D eigenvalue weighted by atomic mass is 9.91. The van der Waals surface area contributed by atoms with Gasteiger partial charge in [0.1, 0.15) is 0 Å². The van der Waals surface area contributed by atoms with Crippen molar-refractivity contribution in [3.63, 3.8) is 0 Å². The summed E-state index contributed by atoms with van der Waals surface area (Å²) in [4.78, 5) is 27.3. The van der Waals surface area contributed by atoms with Crippen molar-refractivity contribution in [1.29, 1.82) is 0 Å². The topological polar surface area (TPSA) is 99.0 Å². The molecule has 0 atom stereocenters. The van der Waals surface area contributed by atoms with E-state index in [0.717, 1.165) is 28.0 Å². The summed E-state index contributed by atoms with van der Waals surface area (Å²) in [6, 6.07) is 26.7. The first-order chi connectivity index (χ1) is 19.8. The molecule has 0 heterocycles. The summed E-state index contributed by atoms with van der Waals surface area (Å²) in [5.41, 5.74) is 6.45. The fraction of sp³-hybridized carbons (Fsp3) is 0. The second-order valence-corrected chi connectivity index (χ2v) is 9.89. The number of nitrogens with one attached hydrogen (secondary N) is 1. The summed E-state index contributed by atoms with van der Waals surface area (Å²) in [5.74, 6) is -2.08. The van der Waals surface area contributed by atoms with Crippen LogP contribution in [0.2, 0.25) is 10.0 Å². The lowest BCUT2D eigenvalue weighted by Crippen LogP contribution is -2.00. The monoisotopic (exact) mass is 616 g/mol. The highest BCUT2D eigenvalue weighted by atomic mass is 35.5. The first-order valence-corrected chi connectivity index (χ1v) is 13.2. The van der Waals surface area contributed by atoms with Crippen molar-refractivity contribution in [3.05, 3.63) is 153 Å². The second-order valence-electron chi connectivity index (χ2n) is 9.07. The maximum absolute atomic E-state index is 11.4. The summed E-state index contributed by atoms with van der Waals surface area (Å²) in [7, 11) is 0. The van der Waals surface area contributed by atoms with Crippen LogP contribution in [0.5, 0.6) is 0 Å². The van der Waals surface area contributed by atoms with Crippen molar-refractivity contribution >= 4 is 75.9 Å². The molecule has 0 amide bonds. The molecule has 0 bridgehead atoms. The normalized spacial score (nSPS) is 12.0. The van der Waals surface area contributed by atoms with Crippen LogP contribution in [0.25, 0.3) is 5.57 Å². The summed E-state index contributed by atoms with van der Waals surface area (Å²) >= 11 is 12.5. The Morgan fingerprint density at radius 2 is 1.19 bits per heavy atom. The highest BCUT2D eigenvalue weighted by Crippen LogP contribution is 2.33. The minimum Gasteiger partial charge on any atom is -0.478 e. The fourth-order valence-electron chi connectivity index (χ4n) is 4.31. The minimum atomic E-state index is -1.05. The molecule has 0 fully saturated rings. The molecule has 42 heavy (non-hydrogen) atoms. The number of carbonyl (C=O) groups is 2. The molecule has 0 saturated carbocycles. The molecule has 4 aromatic rings. The van der Waals surface area contributed by atoms with E-state index in [2.05, 4.69) is 10.3 Å². The molecule has 9 heteroatoms. The van der Waals surface area contributed by atoms with E-state index in [1.54, 1.807) is 6.07 Å².